The van der Waals surface area contributed by atoms with Crippen molar-refractivity contribution in [3.63, 3.8) is 0 Å². The summed E-state index contributed by atoms with van der Waals surface area (Å²) in [6.45, 7) is 23.0. The Balaban J connectivity index is 0.000000642. The molecule has 2 nitrogen and oxygen atoms in total. The molecule has 0 spiro atoms. The zero-order valence-electron chi connectivity index (χ0n) is 26.6. The molecule has 3 rings (SSSR count). The van der Waals surface area contributed by atoms with E-state index in [9.17, 15) is 9.59 Å². The second-order valence-corrected chi connectivity index (χ2v) is 13.3. The number of carbonyl (C=O) groups excluding carboxylic acids is 2. The molecule has 0 N–H and O–H groups in total. The summed E-state index contributed by atoms with van der Waals surface area (Å²) < 4.78 is 0. The van der Waals surface area contributed by atoms with Gasteiger partial charge in [-0.3, -0.25) is 9.59 Å². The minimum Gasteiger partial charge on any atom is -0.300 e. The maximum Gasteiger partial charge on any atom is 0.171 e. The molecule has 222 valence electrons. The average molecular weight is 555 g/mol. The highest BCUT2D eigenvalue weighted by molar-refractivity contribution is 6.13. The quantitative estimate of drug-likeness (QED) is 0.162. The molecule has 0 aromatic heterocycles. The summed E-state index contributed by atoms with van der Waals surface area (Å²) in [6, 6.07) is 18.1. The second kappa shape index (κ2) is 17.1. The van der Waals surface area contributed by atoms with Crippen LogP contribution in [0.2, 0.25) is 0 Å². The van der Waals surface area contributed by atoms with E-state index in [4.69, 9.17) is 0 Å². The Hall–Kier alpha value is -3.00. The molecule has 0 aliphatic heterocycles. The molecule has 2 unspecified atom stereocenters. The largest absolute Gasteiger partial charge is 0.300 e. The first kappa shape index (κ1) is 34.2. The van der Waals surface area contributed by atoms with Gasteiger partial charge in [0.2, 0.25) is 0 Å². The van der Waals surface area contributed by atoms with Crippen LogP contribution in [0.3, 0.4) is 0 Å². The predicted molar refractivity (Wildman–Crippen MR) is 177 cm³/mol. The molecule has 0 radical (unpaired) electrons. The van der Waals surface area contributed by atoms with Gasteiger partial charge >= 0.3 is 0 Å². The molecule has 2 atom stereocenters. The Morgan fingerprint density at radius 2 is 1.39 bits per heavy atom. The minimum atomic E-state index is -0.0960. The van der Waals surface area contributed by atoms with Crippen LogP contribution in [0.4, 0.5) is 0 Å². The molecule has 0 saturated heterocycles. The second-order valence-electron chi connectivity index (χ2n) is 13.3. The Morgan fingerprint density at radius 3 is 1.95 bits per heavy atom. The van der Waals surface area contributed by atoms with Gasteiger partial charge in [-0.15, -0.1) is 13.2 Å². The van der Waals surface area contributed by atoms with Gasteiger partial charge in [0.25, 0.3) is 0 Å². The van der Waals surface area contributed by atoms with Gasteiger partial charge in [0.05, 0.1) is 5.92 Å². The van der Waals surface area contributed by atoms with E-state index in [0.717, 1.165) is 74.5 Å². The molecule has 41 heavy (non-hydrogen) atoms. The first-order chi connectivity index (χ1) is 19.4. The first-order valence-corrected chi connectivity index (χ1v) is 15.6. The average Bonchev–Trinajstić information content (AvgIpc) is 3.16. The van der Waals surface area contributed by atoms with Crippen molar-refractivity contribution in [1.29, 1.82) is 0 Å². The van der Waals surface area contributed by atoms with Crippen LogP contribution in [0.15, 0.2) is 85.5 Å². The third kappa shape index (κ3) is 12.6. The summed E-state index contributed by atoms with van der Waals surface area (Å²) >= 11 is 0. The van der Waals surface area contributed by atoms with Gasteiger partial charge < -0.3 is 0 Å². The van der Waals surface area contributed by atoms with Gasteiger partial charge in [-0.1, -0.05) is 112 Å². The zero-order valence-corrected chi connectivity index (χ0v) is 26.6. The molecule has 1 aliphatic carbocycles. The van der Waals surface area contributed by atoms with Crippen molar-refractivity contribution in [1.82, 2.24) is 0 Å². The lowest BCUT2D eigenvalue weighted by molar-refractivity contribution is -0.119. The molecule has 0 heterocycles. The van der Waals surface area contributed by atoms with Gasteiger partial charge in [0.15, 0.2) is 5.78 Å². The van der Waals surface area contributed by atoms with Crippen molar-refractivity contribution in [2.24, 2.45) is 17.3 Å². The summed E-state index contributed by atoms with van der Waals surface area (Å²) in [6.07, 6.45) is 10.5. The fourth-order valence-corrected chi connectivity index (χ4v) is 5.92. The number of allylic oxidation sites excluding steroid dienone is 3. The Bertz CT molecular complexity index is 1130. The molecule has 0 bridgehead atoms. The highest BCUT2D eigenvalue weighted by Gasteiger charge is 2.38. The molecular weight excluding hydrogens is 500 g/mol. The first-order valence-electron chi connectivity index (χ1n) is 15.6. The minimum absolute atomic E-state index is 0.0960. The number of ketones is 2. The number of aryl methyl sites for hydroxylation is 1. The fraction of sp³-hybridized carbons (Fsp3) is 0.487. The summed E-state index contributed by atoms with van der Waals surface area (Å²) in [7, 11) is 0. The lowest BCUT2D eigenvalue weighted by Crippen LogP contribution is -2.20. The maximum absolute atomic E-state index is 13.1. The van der Waals surface area contributed by atoms with Gasteiger partial charge in [-0.05, 0) is 80.4 Å². The smallest absolute Gasteiger partial charge is 0.171 e. The normalized spacial score (nSPS) is 15.1. The maximum atomic E-state index is 13.1. The highest BCUT2D eigenvalue weighted by atomic mass is 16.1. The Morgan fingerprint density at radius 1 is 0.780 bits per heavy atom. The summed E-state index contributed by atoms with van der Waals surface area (Å²) in [5.41, 5.74) is 6.96. The van der Waals surface area contributed by atoms with Crippen LogP contribution in [0.25, 0.3) is 5.57 Å². The van der Waals surface area contributed by atoms with E-state index in [0.29, 0.717) is 30.0 Å². The summed E-state index contributed by atoms with van der Waals surface area (Å²) in [5.74, 6) is 0.818. The predicted octanol–water partition coefficient (Wildman–Crippen LogP) is 11.0. The molecule has 0 saturated carbocycles. The van der Waals surface area contributed by atoms with Gasteiger partial charge in [0.1, 0.15) is 5.78 Å². The molecule has 2 heteroatoms. The van der Waals surface area contributed by atoms with Crippen LogP contribution >= 0.6 is 0 Å². The molecule has 0 amide bonds. The van der Waals surface area contributed by atoms with Crippen molar-refractivity contribution in [3.8, 4) is 0 Å². The van der Waals surface area contributed by atoms with E-state index in [1.54, 1.807) is 0 Å². The van der Waals surface area contributed by atoms with E-state index in [-0.39, 0.29) is 11.7 Å². The number of carbonyl (C=O) groups is 2. The van der Waals surface area contributed by atoms with Gasteiger partial charge in [0, 0.05) is 18.4 Å². The number of hydrogen-bond acceptors (Lipinski definition) is 2. The molecule has 0 fully saturated rings. The summed E-state index contributed by atoms with van der Waals surface area (Å²) in [5, 5.41) is 0. The molecule has 2 aromatic carbocycles. The SMILES string of the molecule is C=C(C)CC(C)(C)C.C=C(C)CCC(CCCCCCC(=O)CCc1ccccc1)C1C(=C)c2ccccc2C1=O. The van der Waals surface area contributed by atoms with Crippen LogP contribution < -0.4 is 0 Å². The number of benzene rings is 2. The third-order valence-electron chi connectivity index (χ3n) is 7.76. The Kier molecular flexibility index (Phi) is 14.2. The zero-order chi connectivity index (χ0) is 30.4. The van der Waals surface area contributed by atoms with Crippen molar-refractivity contribution in [2.75, 3.05) is 0 Å². The van der Waals surface area contributed by atoms with Crippen LogP contribution in [0.1, 0.15) is 120 Å². The number of rotatable bonds is 15. The topological polar surface area (TPSA) is 34.1 Å². The number of Topliss-reactive ketones (excluding diaryl/α,β-unsaturated/α-hetero) is 2. The van der Waals surface area contributed by atoms with E-state index in [2.05, 4.69) is 66.5 Å². The fourth-order valence-electron chi connectivity index (χ4n) is 5.92. The van der Waals surface area contributed by atoms with E-state index < -0.39 is 0 Å². The van der Waals surface area contributed by atoms with Crippen molar-refractivity contribution < 1.29 is 9.59 Å². The number of unbranched alkanes of at least 4 members (excludes halogenated alkanes) is 3. The monoisotopic (exact) mass is 554 g/mol. The van der Waals surface area contributed by atoms with E-state index in [1.165, 1.54) is 16.7 Å². The van der Waals surface area contributed by atoms with Gasteiger partial charge in [-0.25, -0.2) is 0 Å². The molecule has 1 aliphatic rings. The van der Waals surface area contributed by atoms with Crippen LogP contribution in [-0.2, 0) is 11.2 Å². The molecular formula is C39H54O2. The molecule has 2 aromatic rings. The van der Waals surface area contributed by atoms with E-state index in [1.807, 2.05) is 42.5 Å². The van der Waals surface area contributed by atoms with E-state index >= 15 is 0 Å². The van der Waals surface area contributed by atoms with Crippen molar-refractivity contribution in [2.45, 2.75) is 105 Å². The van der Waals surface area contributed by atoms with Crippen LogP contribution in [-0.4, -0.2) is 11.6 Å². The highest BCUT2D eigenvalue weighted by Crippen LogP contribution is 2.43. The number of hydrogen-bond donors (Lipinski definition) is 0. The lowest BCUT2D eigenvalue weighted by atomic mass is 9.79. The van der Waals surface area contributed by atoms with Gasteiger partial charge in [-0.2, -0.15) is 0 Å². The standard InChI is InChI=1S/C31H38O2.C8H16/c1-23(2)19-21-26(30-24(3)28-17-11-12-18-29(28)31(30)33)15-9-4-5-10-16-27(32)22-20-25-13-7-6-8-14-25;1-7(2)6-8(3,4)5/h6-8,11-14,17-18,26,30H,1,3-5,9-10,15-16,19-22H2,2H3;1,6H2,2-5H3. The van der Waals surface area contributed by atoms with Crippen LogP contribution in [0, 0.1) is 17.3 Å². The van der Waals surface area contributed by atoms with Crippen molar-refractivity contribution in [3.05, 3.63) is 102 Å². The van der Waals surface area contributed by atoms with Crippen LogP contribution in [0.5, 0.6) is 0 Å². The lowest BCUT2D eigenvalue weighted by Gasteiger charge is -2.24. The Labute approximate surface area is 251 Å². The third-order valence-corrected chi connectivity index (χ3v) is 7.76. The number of fused-ring (bicyclic) bond motifs is 1. The van der Waals surface area contributed by atoms with Crippen molar-refractivity contribution >= 4 is 17.1 Å². The summed E-state index contributed by atoms with van der Waals surface area (Å²) in [4.78, 5) is 25.4.